The Labute approximate surface area is 89.5 Å². The summed E-state index contributed by atoms with van der Waals surface area (Å²) in [5.74, 6) is 3.71. The maximum absolute atomic E-state index is 5.61. The minimum absolute atomic E-state index is 0.855. The molecular formula is C13H27N. The van der Waals surface area contributed by atoms with Crippen molar-refractivity contribution in [1.82, 2.24) is 0 Å². The van der Waals surface area contributed by atoms with Crippen LogP contribution >= 0.6 is 0 Å². The molecule has 1 heteroatoms. The highest BCUT2D eigenvalue weighted by molar-refractivity contribution is 4.77. The standard InChI is InChI=1S/C13H27N/c1-10(2)12-4-6-13(7-5-12)11(3)8-9-14/h10-13H,4-9,14H2,1-3H3. The first-order chi connectivity index (χ1) is 6.65. The first kappa shape index (κ1) is 12.0. The van der Waals surface area contributed by atoms with E-state index in [1.54, 1.807) is 0 Å². The van der Waals surface area contributed by atoms with Crippen molar-refractivity contribution in [3.63, 3.8) is 0 Å². The van der Waals surface area contributed by atoms with Gasteiger partial charge in [0.1, 0.15) is 0 Å². The molecule has 0 aromatic rings. The molecule has 1 aliphatic carbocycles. The van der Waals surface area contributed by atoms with Crippen LogP contribution in [0.3, 0.4) is 0 Å². The third kappa shape index (κ3) is 3.27. The summed E-state index contributed by atoms with van der Waals surface area (Å²) in [7, 11) is 0. The molecule has 1 atom stereocenters. The van der Waals surface area contributed by atoms with Crippen LogP contribution in [0.5, 0.6) is 0 Å². The molecule has 1 fully saturated rings. The lowest BCUT2D eigenvalue weighted by Crippen LogP contribution is -2.24. The van der Waals surface area contributed by atoms with E-state index in [4.69, 9.17) is 5.73 Å². The lowest BCUT2D eigenvalue weighted by atomic mass is 9.72. The molecule has 0 heterocycles. The molecule has 1 aliphatic rings. The van der Waals surface area contributed by atoms with Crippen LogP contribution in [0.2, 0.25) is 0 Å². The van der Waals surface area contributed by atoms with E-state index in [1.165, 1.54) is 32.1 Å². The minimum atomic E-state index is 0.855. The summed E-state index contributed by atoms with van der Waals surface area (Å²) in [5.41, 5.74) is 5.61. The molecule has 0 aliphatic heterocycles. The van der Waals surface area contributed by atoms with E-state index in [-0.39, 0.29) is 0 Å². The molecule has 1 rings (SSSR count). The lowest BCUT2D eigenvalue weighted by Gasteiger charge is -2.34. The summed E-state index contributed by atoms with van der Waals surface area (Å²) in [4.78, 5) is 0. The molecule has 2 N–H and O–H groups in total. The van der Waals surface area contributed by atoms with Gasteiger partial charge in [-0.05, 0) is 62.3 Å². The number of nitrogens with two attached hydrogens (primary N) is 1. The van der Waals surface area contributed by atoms with Crippen LogP contribution in [0.4, 0.5) is 0 Å². The van der Waals surface area contributed by atoms with Crippen molar-refractivity contribution in [1.29, 1.82) is 0 Å². The summed E-state index contributed by atoms with van der Waals surface area (Å²) in [6.45, 7) is 7.99. The number of hydrogen-bond donors (Lipinski definition) is 1. The predicted octanol–water partition coefficient (Wildman–Crippen LogP) is 3.43. The Morgan fingerprint density at radius 1 is 1.00 bits per heavy atom. The molecule has 0 bridgehead atoms. The van der Waals surface area contributed by atoms with Gasteiger partial charge in [0.2, 0.25) is 0 Å². The fraction of sp³-hybridized carbons (Fsp3) is 1.00. The van der Waals surface area contributed by atoms with Crippen LogP contribution < -0.4 is 5.73 Å². The Morgan fingerprint density at radius 2 is 1.50 bits per heavy atom. The van der Waals surface area contributed by atoms with Gasteiger partial charge in [-0.3, -0.25) is 0 Å². The number of hydrogen-bond acceptors (Lipinski definition) is 1. The SMILES string of the molecule is CC(C)C1CCC(C(C)CCN)CC1. The van der Waals surface area contributed by atoms with E-state index in [9.17, 15) is 0 Å². The van der Waals surface area contributed by atoms with E-state index < -0.39 is 0 Å². The van der Waals surface area contributed by atoms with Crippen LogP contribution in [0.15, 0.2) is 0 Å². The maximum Gasteiger partial charge on any atom is -0.00746 e. The molecule has 0 amide bonds. The maximum atomic E-state index is 5.61. The molecule has 1 unspecified atom stereocenters. The van der Waals surface area contributed by atoms with Crippen molar-refractivity contribution in [3.8, 4) is 0 Å². The molecule has 1 saturated carbocycles. The van der Waals surface area contributed by atoms with E-state index in [0.29, 0.717) is 0 Å². The van der Waals surface area contributed by atoms with E-state index >= 15 is 0 Å². The second kappa shape index (κ2) is 5.75. The average molecular weight is 197 g/mol. The zero-order valence-corrected chi connectivity index (χ0v) is 10.1. The van der Waals surface area contributed by atoms with Crippen LogP contribution in [-0.2, 0) is 0 Å². The normalized spacial score (nSPS) is 30.6. The van der Waals surface area contributed by atoms with Crippen molar-refractivity contribution >= 4 is 0 Å². The Hall–Kier alpha value is -0.0400. The minimum Gasteiger partial charge on any atom is -0.330 e. The van der Waals surface area contributed by atoms with Crippen LogP contribution in [0.25, 0.3) is 0 Å². The monoisotopic (exact) mass is 197 g/mol. The molecule has 0 aromatic carbocycles. The Bertz CT molecular complexity index is 145. The molecule has 0 aromatic heterocycles. The topological polar surface area (TPSA) is 26.0 Å². The van der Waals surface area contributed by atoms with Gasteiger partial charge < -0.3 is 5.73 Å². The average Bonchev–Trinajstić information content (AvgIpc) is 2.18. The zero-order valence-electron chi connectivity index (χ0n) is 10.1. The summed E-state index contributed by atoms with van der Waals surface area (Å²) in [6, 6.07) is 0. The molecule has 0 saturated heterocycles. The third-order valence-corrected chi connectivity index (χ3v) is 4.19. The first-order valence-electron chi connectivity index (χ1n) is 6.35. The highest BCUT2D eigenvalue weighted by Crippen LogP contribution is 2.37. The smallest absolute Gasteiger partial charge is 0.00746 e. The largest absolute Gasteiger partial charge is 0.330 e. The van der Waals surface area contributed by atoms with Gasteiger partial charge in [0.25, 0.3) is 0 Å². The fourth-order valence-corrected chi connectivity index (χ4v) is 2.88. The lowest BCUT2D eigenvalue weighted by molar-refractivity contribution is 0.178. The van der Waals surface area contributed by atoms with Gasteiger partial charge in [0, 0.05) is 0 Å². The molecule has 84 valence electrons. The van der Waals surface area contributed by atoms with Crippen LogP contribution in [0, 0.1) is 23.7 Å². The zero-order chi connectivity index (χ0) is 10.6. The van der Waals surface area contributed by atoms with Gasteiger partial charge >= 0.3 is 0 Å². The van der Waals surface area contributed by atoms with Crippen LogP contribution in [0.1, 0.15) is 52.9 Å². The van der Waals surface area contributed by atoms with Crippen molar-refractivity contribution in [2.45, 2.75) is 52.9 Å². The van der Waals surface area contributed by atoms with E-state index in [0.717, 1.165) is 30.2 Å². The van der Waals surface area contributed by atoms with Crippen molar-refractivity contribution in [2.75, 3.05) is 6.54 Å². The quantitative estimate of drug-likeness (QED) is 0.734. The Balaban J connectivity index is 2.28. The third-order valence-electron chi connectivity index (χ3n) is 4.19. The summed E-state index contributed by atoms with van der Waals surface area (Å²) in [5, 5.41) is 0. The predicted molar refractivity (Wildman–Crippen MR) is 63.1 cm³/mol. The second-order valence-electron chi connectivity index (χ2n) is 5.47. The first-order valence-corrected chi connectivity index (χ1v) is 6.35. The van der Waals surface area contributed by atoms with Gasteiger partial charge in [-0.1, -0.05) is 20.8 Å². The molecular weight excluding hydrogens is 170 g/mol. The van der Waals surface area contributed by atoms with Crippen molar-refractivity contribution in [2.24, 2.45) is 29.4 Å². The van der Waals surface area contributed by atoms with Gasteiger partial charge in [0.05, 0.1) is 0 Å². The van der Waals surface area contributed by atoms with Gasteiger partial charge in [0.15, 0.2) is 0 Å². The van der Waals surface area contributed by atoms with E-state index in [2.05, 4.69) is 20.8 Å². The summed E-state index contributed by atoms with van der Waals surface area (Å²) >= 11 is 0. The van der Waals surface area contributed by atoms with E-state index in [1.807, 2.05) is 0 Å². The molecule has 1 nitrogen and oxygen atoms in total. The molecule has 14 heavy (non-hydrogen) atoms. The summed E-state index contributed by atoms with van der Waals surface area (Å²) < 4.78 is 0. The fourth-order valence-electron chi connectivity index (χ4n) is 2.88. The van der Waals surface area contributed by atoms with Crippen molar-refractivity contribution in [3.05, 3.63) is 0 Å². The highest BCUT2D eigenvalue weighted by Gasteiger charge is 2.25. The van der Waals surface area contributed by atoms with Gasteiger partial charge in [-0.2, -0.15) is 0 Å². The number of rotatable bonds is 4. The van der Waals surface area contributed by atoms with Gasteiger partial charge in [-0.15, -0.1) is 0 Å². The highest BCUT2D eigenvalue weighted by atomic mass is 14.5. The van der Waals surface area contributed by atoms with Crippen molar-refractivity contribution < 1.29 is 0 Å². The Kier molecular flexibility index (Phi) is 4.94. The second-order valence-corrected chi connectivity index (χ2v) is 5.47. The molecule has 0 spiro atoms. The van der Waals surface area contributed by atoms with Gasteiger partial charge in [-0.25, -0.2) is 0 Å². The summed E-state index contributed by atoms with van der Waals surface area (Å²) in [6.07, 6.45) is 7.03. The van der Waals surface area contributed by atoms with Crippen LogP contribution in [-0.4, -0.2) is 6.54 Å². The molecule has 0 radical (unpaired) electrons. The Morgan fingerprint density at radius 3 is 1.93 bits per heavy atom.